The number of carbonyl (C=O) groups is 1. The molecule has 0 unspecified atom stereocenters. The predicted octanol–water partition coefficient (Wildman–Crippen LogP) is 0.540. The summed E-state index contributed by atoms with van der Waals surface area (Å²) >= 11 is 5.91. The molecule has 1 amide bonds. The van der Waals surface area contributed by atoms with Gasteiger partial charge in [-0.3, -0.25) is 4.79 Å². The molecular weight excluding hydrogens is 360 g/mol. The molecule has 7 heteroatoms. The molecule has 0 aliphatic carbocycles. The van der Waals surface area contributed by atoms with Crippen LogP contribution in [0.2, 0.25) is 5.02 Å². The van der Waals surface area contributed by atoms with Crippen molar-refractivity contribution >= 4 is 23.2 Å². The van der Waals surface area contributed by atoms with E-state index in [1.54, 1.807) is 0 Å². The van der Waals surface area contributed by atoms with Crippen molar-refractivity contribution < 1.29 is 23.4 Å². The molecule has 0 bridgehead atoms. The van der Waals surface area contributed by atoms with Crippen LogP contribution >= 0.6 is 11.6 Å². The quantitative estimate of drug-likeness (QED) is 0.695. The van der Waals surface area contributed by atoms with Crippen LogP contribution in [0.4, 0.5) is 14.5 Å². The van der Waals surface area contributed by atoms with Gasteiger partial charge in [-0.1, -0.05) is 23.7 Å². The molecule has 1 aliphatic heterocycles. The minimum atomic E-state index is -0.759. The highest BCUT2D eigenvalue weighted by Crippen LogP contribution is 2.14. The monoisotopic (exact) mass is 381 g/mol. The normalized spacial score (nSPS) is 20.0. The fourth-order valence-electron chi connectivity index (χ4n) is 3.21. The number of halogens is 3. The smallest absolute Gasteiger partial charge is 0.279 e. The Kier molecular flexibility index (Phi) is 6.19. The van der Waals surface area contributed by atoms with E-state index in [-0.39, 0.29) is 18.1 Å². The molecule has 0 atom stereocenters. The zero-order valence-corrected chi connectivity index (χ0v) is 15.1. The third-order valence-electron chi connectivity index (χ3n) is 4.65. The SMILES string of the molecule is O=C(C[NH+]1CC[NH+](Cc2ccc(Cl)cc2)CC1)Nc1ccc(F)cc1F. The summed E-state index contributed by atoms with van der Waals surface area (Å²) in [4.78, 5) is 14.8. The van der Waals surface area contributed by atoms with Crippen LogP contribution in [0.15, 0.2) is 42.5 Å². The molecule has 2 aromatic rings. The second-order valence-electron chi connectivity index (χ2n) is 6.65. The standard InChI is InChI=1S/C19H20ClF2N3O/c20-15-3-1-14(2-4-15)12-24-7-9-25(10-8-24)13-19(26)23-18-6-5-16(21)11-17(18)22/h1-6,11H,7-10,12-13H2,(H,23,26)/p+2. The van der Waals surface area contributed by atoms with Crippen molar-refractivity contribution in [1.29, 1.82) is 0 Å². The molecule has 3 N–H and O–H groups in total. The number of anilines is 1. The van der Waals surface area contributed by atoms with Gasteiger partial charge in [-0.25, -0.2) is 8.78 Å². The lowest BCUT2D eigenvalue weighted by molar-refractivity contribution is -1.02. The highest BCUT2D eigenvalue weighted by molar-refractivity contribution is 6.30. The van der Waals surface area contributed by atoms with E-state index >= 15 is 0 Å². The van der Waals surface area contributed by atoms with Gasteiger partial charge in [0.25, 0.3) is 5.91 Å². The average Bonchev–Trinajstić information content (AvgIpc) is 2.61. The Morgan fingerprint density at radius 1 is 1.00 bits per heavy atom. The van der Waals surface area contributed by atoms with Gasteiger partial charge in [0.05, 0.1) is 5.69 Å². The molecule has 1 saturated heterocycles. The van der Waals surface area contributed by atoms with Gasteiger partial charge in [0.2, 0.25) is 0 Å². The zero-order chi connectivity index (χ0) is 18.5. The van der Waals surface area contributed by atoms with Gasteiger partial charge in [-0.05, 0) is 24.3 Å². The average molecular weight is 382 g/mol. The second-order valence-corrected chi connectivity index (χ2v) is 7.09. The highest BCUT2D eigenvalue weighted by atomic mass is 35.5. The van der Waals surface area contributed by atoms with Crippen LogP contribution in [0.25, 0.3) is 0 Å². The van der Waals surface area contributed by atoms with Crippen LogP contribution in [0.3, 0.4) is 0 Å². The molecule has 1 heterocycles. The Morgan fingerprint density at radius 2 is 1.65 bits per heavy atom. The van der Waals surface area contributed by atoms with Gasteiger partial charge in [0.15, 0.2) is 6.54 Å². The van der Waals surface area contributed by atoms with E-state index in [2.05, 4.69) is 5.32 Å². The lowest BCUT2D eigenvalue weighted by Gasteiger charge is -2.29. The van der Waals surface area contributed by atoms with Crippen molar-refractivity contribution in [3.05, 3.63) is 64.7 Å². The Bertz CT molecular complexity index is 762. The number of rotatable bonds is 5. The van der Waals surface area contributed by atoms with Crippen molar-refractivity contribution in [2.45, 2.75) is 6.54 Å². The summed E-state index contributed by atoms with van der Waals surface area (Å²) in [6.07, 6.45) is 0. The first-order valence-corrected chi connectivity index (χ1v) is 9.04. The Hall–Kier alpha value is -2.02. The van der Waals surface area contributed by atoms with E-state index in [1.165, 1.54) is 21.4 Å². The zero-order valence-electron chi connectivity index (χ0n) is 14.3. The fraction of sp³-hybridized carbons (Fsp3) is 0.316. The molecule has 26 heavy (non-hydrogen) atoms. The molecule has 0 radical (unpaired) electrons. The first-order chi connectivity index (χ1) is 12.5. The predicted molar refractivity (Wildman–Crippen MR) is 96.4 cm³/mol. The Labute approximate surface area is 156 Å². The molecule has 4 nitrogen and oxygen atoms in total. The molecule has 1 fully saturated rings. The van der Waals surface area contributed by atoms with Crippen LogP contribution < -0.4 is 15.1 Å². The van der Waals surface area contributed by atoms with Crippen molar-refractivity contribution in [3.8, 4) is 0 Å². The summed E-state index contributed by atoms with van der Waals surface area (Å²) < 4.78 is 26.5. The second kappa shape index (κ2) is 8.58. The van der Waals surface area contributed by atoms with E-state index in [4.69, 9.17) is 11.6 Å². The van der Waals surface area contributed by atoms with Crippen molar-refractivity contribution in [2.24, 2.45) is 0 Å². The van der Waals surface area contributed by atoms with Crippen molar-refractivity contribution in [2.75, 3.05) is 38.0 Å². The summed E-state index contributed by atoms with van der Waals surface area (Å²) in [7, 11) is 0. The van der Waals surface area contributed by atoms with Crippen molar-refractivity contribution in [3.63, 3.8) is 0 Å². The minimum Gasteiger partial charge on any atom is -0.322 e. The van der Waals surface area contributed by atoms with Gasteiger partial charge in [0.1, 0.15) is 44.4 Å². The van der Waals surface area contributed by atoms with E-state index in [0.29, 0.717) is 0 Å². The van der Waals surface area contributed by atoms with Gasteiger partial charge >= 0.3 is 0 Å². The van der Waals surface area contributed by atoms with E-state index < -0.39 is 11.6 Å². The Balaban J connectivity index is 1.44. The largest absolute Gasteiger partial charge is 0.322 e. The number of hydrogen-bond donors (Lipinski definition) is 3. The van der Waals surface area contributed by atoms with Gasteiger partial charge in [-0.15, -0.1) is 0 Å². The summed E-state index contributed by atoms with van der Waals surface area (Å²) in [5.74, 6) is -1.68. The molecule has 0 spiro atoms. The maximum atomic E-state index is 13.6. The minimum absolute atomic E-state index is 0.0165. The van der Waals surface area contributed by atoms with Crippen LogP contribution in [-0.2, 0) is 11.3 Å². The van der Waals surface area contributed by atoms with E-state index in [1.807, 2.05) is 24.3 Å². The molecule has 3 rings (SSSR count). The molecular formula is C19H22ClF2N3O+2. The molecule has 0 aromatic heterocycles. The first kappa shape index (κ1) is 18.8. The Morgan fingerprint density at radius 3 is 2.31 bits per heavy atom. The van der Waals surface area contributed by atoms with Gasteiger partial charge in [0, 0.05) is 16.7 Å². The number of nitrogens with one attached hydrogen (secondary N) is 3. The molecule has 0 saturated carbocycles. The number of amides is 1. The van der Waals surface area contributed by atoms with Crippen LogP contribution in [0, 0.1) is 11.6 Å². The van der Waals surface area contributed by atoms with Crippen LogP contribution in [0.1, 0.15) is 5.56 Å². The number of carbonyl (C=O) groups excluding carboxylic acids is 1. The maximum absolute atomic E-state index is 13.6. The van der Waals surface area contributed by atoms with Gasteiger partial charge < -0.3 is 15.1 Å². The molecule has 1 aliphatic rings. The first-order valence-electron chi connectivity index (χ1n) is 8.66. The number of hydrogen-bond acceptors (Lipinski definition) is 1. The summed E-state index contributed by atoms with van der Waals surface area (Å²) in [5.41, 5.74) is 1.26. The summed E-state index contributed by atoms with van der Waals surface area (Å²) in [6, 6.07) is 11.0. The van der Waals surface area contributed by atoms with Crippen LogP contribution in [0.5, 0.6) is 0 Å². The van der Waals surface area contributed by atoms with Gasteiger partial charge in [-0.2, -0.15) is 0 Å². The summed E-state index contributed by atoms with van der Waals surface area (Å²) in [6.45, 7) is 4.92. The van der Waals surface area contributed by atoms with E-state index in [0.717, 1.165) is 49.9 Å². The fourth-order valence-corrected chi connectivity index (χ4v) is 3.34. The highest BCUT2D eigenvalue weighted by Gasteiger charge is 2.25. The third-order valence-corrected chi connectivity index (χ3v) is 4.90. The lowest BCUT2D eigenvalue weighted by atomic mass is 10.2. The summed E-state index contributed by atoms with van der Waals surface area (Å²) in [5, 5.41) is 3.26. The maximum Gasteiger partial charge on any atom is 0.279 e. The van der Waals surface area contributed by atoms with Crippen molar-refractivity contribution in [1.82, 2.24) is 0 Å². The van der Waals surface area contributed by atoms with Crippen LogP contribution in [-0.4, -0.2) is 38.6 Å². The lowest BCUT2D eigenvalue weighted by Crippen LogP contribution is -3.28. The third kappa shape index (κ3) is 5.24. The van der Waals surface area contributed by atoms with E-state index in [9.17, 15) is 13.6 Å². The number of benzene rings is 2. The topological polar surface area (TPSA) is 38.0 Å². The number of quaternary nitrogens is 2. The molecule has 138 valence electrons. The number of piperazine rings is 1. The molecule has 2 aromatic carbocycles.